The van der Waals surface area contributed by atoms with Crippen molar-refractivity contribution in [1.82, 2.24) is 0 Å². The van der Waals surface area contributed by atoms with Crippen LogP contribution < -0.4 is 0 Å². The Kier molecular flexibility index (Phi) is 9.90. The van der Waals surface area contributed by atoms with Gasteiger partial charge in [0.15, 0.2) is 0 Å². The van der Waals surface area contributed by atoms with Crippen LogP contribution in [0.3, 0.4) is 0 Å². The number of benzene rings is 1. The van der Waals surface area contributed by atoms with Crippen molar-refractivity contribution in [3.63, 3.8) is 0 Å². The zero-order valence-electron chi connectivity index (χ0n) is 9.74. The molecule has 0 saturated carbocycles. The number of carboxylic acids is 2. The number of carboxylic acid groups (broad SMARTS) is 2. The van der Waals surface area contributed by atoms with Crippen LogP contribution >= 0.6 is 0 Å². The van der Waals surface area contributed by atoms with Crippen LogP contribution in [0.2, 0.25) is 0 Å². The molecular weight excluding hydrogens is 306 g/mol. The summed E-state index contributed by atoms with van der Waals surface area (Å²) in [6.07, 6.45) is 2.56. The Morgan fingerprint density at radius 3 is 2.05 bits per heavy atom. The SMILES string of the molecule is CC=CC(=O)O.O=C(O)c1ccccc1[N+](=O)[O-].[Cu]. The molecule has 0 aliphatic heterocycles. The maximum atomic E-state index is 10.4. The number of hydrogen-bond donors (Lipinski definition) is 2. The van der Waals surface area contributed by atoms with Crippen LogP contribution in [0.1, 0.15) is 17.3 Å². The normalized spacial score (nSPS) is 8.89. The number of hydrogen-bond acceptors (Lipinski definition) is 4. The molecule has 0 bridgehead atoms. The standard InChI is InChI=1S/C7H5NO4.C4H6O2.Cu/c9-7(10)5-3-1-2-4-6(5)8(11)12;1-2-3-4(5)6;/h1-4H,(H,9,10);2-3H,1H3,(H,5,6);. The number of nitro benzene ring substituents is 1. The number of aliphatic carboxylic acids is 1. The molecule has 1 radical (unpaired) electrons. The first kappa shape index (κ1) is 19.2. The minimum absolute atomic E-state index is 0. The molecule has 8 heteroatoms. The molecule has 0 aliphatic rings. The molecule has 0 fully saturated rings. The molecule has 0 atom stereocenters. The van der Waals surface area contributed by atoms with Crippen LogP contribution in [-0.2, 0) is 21.9 Å². The molecule has 0 amide bonds. The van der Waals surface area contributed by atoms with E-state index in [1.165, 1.54) is 24.3 Å². The van der Waals surface area contributed by atoms with Crippen molar-refractivity contribution in [2.24, 2.45) is 0 Å². The van der Waals surface area contributed by atoms with Crippen molar-refractivity contribution in [1.29, 1.82) is 0 Å². The molecule has 1 rings (SSSR count). The molecule has 0 aliphatic carbocycles. The summed E-state index contributed by atoms with van der Waals surface area (Å²) in [6.45, 7) is 1.66. The summed E-state index contributed by atoms with van der Waals surface area (Å²) in [6, 6.07) is 5.21. The third-order valence-corrected chi connectivity index (χ3v) is 1.64. The van der Waals surface area contributed by atoms with Gasteiger partial charge >= 0.3 is 11.9 Å². The van der Waals surface area contributed by atoms with Crippen molar-refractivity contribution in [3.8, 4) is 0 Å². The van der Waals surface area contributed by atoms with E-state index in [-0.39, 0.29) is 28.3 Å². The molecule has 0 saturated heterocycles. The first-order valence-electron chi connectivity index (χ1n) is 4.72. The molecule has 0 spiro atoms. The van der Waals surface area contributed by atoms with Crippen molar-refractivity contribution < 1.29 is 41.8 Å². The van der Waals surface area contributed by atoms with Gasteiger partial charge in [0.05, 0.1) is 4.92 Å². The molecule has 0 unspecified atom stereocenters. The Bertz CT molecular complexity index is 453. The second-order valence-corrected chi connectivity index (χ2v) is 2.92. The summed E-state index contributed by atoms with van der Waals surface area (Å²) >= 11 is 0. The van der Waals surface area contributed by atoms with Crippen LogP contribution in [0.25, 0.3) is 0 Å². The van der Waals surface area contributed by atoms with Crippen molar-refractivity contribution in [2.45, 2.75) is 6.92 Å². The first-order chi connectivity index (χ1) is 8.40. The number of aromatic carboxylic acids is 1. The number of allylic oxidation sites excluding steroid dienone is 1. The van der Waals surface area contributed by atoms with E-state index in [9.17, 15) is 19.7 Å². The third-order valence-electron chi connectivity index (χ3n) is 1.64. The van der Waals surface area contributed by atoms with Gasteiger partial charge in [-0.05, 0) is 13.0 Å². The minimum Gasteiger partial charge on any atom is -0.478 e. The Morgan fingerprint density at radius 1 is 1.26 bits per heavy atom. The quantitative estimate of drug-likeness (QED) is 0.381. The van der Waals surface area contributed by atoms with E-state index in [1.54, 1.807) is 6.92 Å². The fourth-order valence-corrected chi connectivity index (χ4v) is 0.956. The van der Waals surface area contributed by atoms with E-state index in [0.29, 0.717) is 0 Å². The summed E-state index contributed by atoms with van der Waals surface area (Å²) in [5.41, 5.74) is -0.674. The molecule has 2 N–H and O–H groups in total. The monoisotopic (exact) mass is 316 g/mol. The Balaban J connectivity index is 0. The summed E-state index contributed by atoms with van der Waals surface area (Å²) in [5.74, 6) is -2.18. The van der Waals surface area contributed by atoms with Gasteiger partial charge < -0.3 is 10.2 Å². The van der Waals surface area contributed by atoms with Gasteiger partial charge in [-0.15, -0.1) is 0 Å². The maximum Gasteiger partial charge on any atom is 0.342 e. The van der Waals surface area contributed by atoms with Crippen molar-refractivity contribution in [3.05, 3.63) is 52.1 Å². The summed E-state index contributed by atoms with van der Waals surface area (Å²) < 4.78 is 0. The summed E-state index contributed by atoms with van der Waals surface area (Å²) in [5, 5.41) is 26.6. The van der Waals surface area contributed by atoms with Gasteiger partial charge in [0.25, 0.3) is 5.69 Å². The van der Waals surface area contributed by atoms with Crippen LogP contribution in [0.4, 0.5) is 5.69 Å². The molecular formula is C11H11CuNO6. The zero-order chi connectivity index (χ0) is 14.1. The number of rotatable bonds is 3. The molecule has 107 valence electrons. The summed E-state index contributed by atoms with van der Waals surface area (Å²) in [4.78, 5) is 29.5. The van der Waals surface area contributed by atoms with Crippen LogP contribution in [0.15, 0.2) is 36.4 Å². The number of para-hydroxylation sites is 1. The fraction of sp³-hybridized carbons (Fsp3) is 0.0909. The molecule has 7 nitrogen and oxygen atoms in total. The smallest absolute Gasteiger partial charge is 0.342 e. The molecule has 0 aromatic heterocycles. The second-order valence-electron chi connectivity index (χ2n) is 2.92. The van der Waals surface area contributed by atoms with E-state index in [0.717, 1.165) is 12.1 Å². The predicted molar refractivity (Wildman–Crippen MR) is 62.5 cm³/mol. The molecule has 1 aromatic carbocycles. The Hall–Kier alpha value is -2.18. The van der Waals surface area contributed by atoms with E-state index >= 15 is 0 Å². The van der Waals surface area contributed by atoms with E-state index < -0.39 is 16.9 Å². The third kappa shape index (κ3) is 7.69. The van der Waals surface area contributed by atoms with E-state index in [2.05, 4.69) is 0 Å². The first-order valence-corrected chi connectivity index (χ1v) is 4.72. The topological polar surface area (TPSA) is 118 Å². The summed E-state index contributed by atoms with van der Waals surface area (Å²) in [7, 11) is 0. The predicted octanol–water partition coefficient (Wildman–Crippen LogP) is 1.94. The van der Waals surface area contributed by atoms with Crippen LogP contribution in [0, 0.1) is 10.1 Å². The van der Waals surface area contributed by atoms with Crippen LogP contribution in [0.5, 0.6) is 0 Å². The molecule has 0 heterocycles. The maximum absolute atomic E-state index is 10.4. The Labute approximate surface area is 119 Å². The van der Waals surface area contributed by atoms with Gasteiger partial charge in [0.2, 0.25) is 0 Å². The fourth-order valence-electron chi connectivity index (χ4n) is 0.956. The average molecular weight is 317 g/mol. The van der Waals surface area contributed by atoms with Crippen LogP contribution in [-0.4, -0.2) is 27.1 Å². The second kappa shape index (κ2) is 9.81. The van der Waals surface area contributed by atoms with Gasteiger partial charge in [0, 0.05) is 29.2 Å². The Morgan fingerprint density at radius 2 is 1.79 bits per heavy atom. The van der Waals surface area contributed by atoms with E-state index in [4.69, 9.17) is 10.2 Å². The number of carbonyl (C=O) groups is 2. The van der Waals surface area contributed by atoms with Gasteiger partial charge in [-0.25, -0.2) is 9.59 Å². The van der Waals surface area contributed by atoms with Crippen molar-refractivity contribution >= 4 is 17.6 Å². The number of nitrogens with zero attached hydrogens (tertiary/aromatic N) is 1. The van der Waals surface area contributed by atoms with Gasteiger partial charge in [-0.1, -0.05) is 18.2 Å². The van der Waals surface area contributed by atoms with Gasteiger partial charge in [-0.3, -0.25) is 10.1 Å². The van der Waals surface area contributed by atoms with Gasteiger partial charge in [0.1, 0.15) is 5.56 Å². The molecule has 19 heavy (non-hydrogen) atoms. The van der Waals surface area contributed by atoms with Crippen molar-refractivity contribution in [2.75, 3.05) is 0 Å². The number of nitro groups is 1. The zero-order valence-corrected chi connectivity index (χ0v) is 10.7. The minimum atomic E-state index is -1.29. The average Bonchev–Trinajstić information content (AvgIpc) is 2.29. The van der Waals surface area contributed by atoms with Gasteiger partial charge in [-0.2, -0.15) is 0 Å². The molecule has 1 aromatic rings. The largest absolute Gasteiger partial charge is 0.478 e. The van der Waals surface area contributed by atoms with E-state index in [1.807, 2.05) is 0 Å².